The number of nitrogens with one attached hydrogen (secondary N) is 1. The Hall–Kier alpha value is -1.46. The van der Waals surface area contributed by atoms with Gasteiger partial charge < -0.3 is 10.1 Å². The van der Waals surface area contributed by atoms with E-state index in [1.54, 1.807) is 0 Å². The molecule has 1 N–H and O–H groups in total. The fraction of sp³-hybridized carbons (Fsp3) is 0.529. The summed E-state index contributed by atoms with van der Waals surface area (Å²) in [7, 11) is 0. The van der Waals surface area contributed by atoms with Crippen molar-refractivity contribution >= 4 is 0 Å². The van der Waals surface area contributed by atoms with Crippen molar-refractivity contribution in [2.24, 2.45) is 0 Å². The lowest BCUT2D eigenvalue weighted by molar-refractivity contribution is 0.339. The van der Waals surface area contributed by atoms with Gasteiger partial charge in [0, 0.05) is 12.5 Å². The van der Waals surface area contributed by atoms with Gasteiger partial charge in [-0.2, -0.15) is 0 Å². The second-order valence-corrected chi connectivity index (χ2v) is 4.48. The molecule has 0 aliphatic rings. The molecule has 0 heterocycles. The zero-order valence-electron chi connectivity index (χ0n) is 12.3. The van der Waals surface area contributed by atoms with Crippen LogP contribution >= 0.6 is 0 Å². The summed E-state index contributed by atoms with van der Waals surface area (Å²) in [4.78, 5) is 0. The highest BCUT2D eigenvalue weighted by Crippen LogP contribution is 2.22. The zero-order chi connectivity index (χ0) is 13.9. The summed E-state index contributed by atoms with van der Waals surface area (Å²) < 4.78 is 5.57. The lowest BCUT2D eigenvalue weighted by atomic mass is 10.0. The number of benzene rings is 1. The van der Waals surface area contributed by atoms with Gasteiger partial charge >= 0.3 is 0 Å². The molecule has 2 heteroatoms. The molecule has 0 saturated carbocycles. The molecule has 0 aliphatic carbocycles. The van der Waals surface area contributed by atoms with Gasteiger partial charge in [-0.05, 0) is 50.9 Å². The number of hydrogen-bond donors (Lipinski definition) is 1. The quantitative estimate of drug-likeness (QED) is 0.714. The van der Waals surface area contributed by atoms with Crippen molar-refractivity contribution in [1.82, 2.24) is 5.32 Å². The van der Waals surface area contributed by atoms with Crippen LogP contribution in [0.2, 0.25) is 0 Å². The Morgan fingerprint density at radius 3 is 2.84 bits per heavy atom. The van der Waals surface area contributed by atoms with Crippen molar-refractivity contribution in [3.05, 3.63) is 29.8 Å². The van der Waals surface area contributed by atoms with Gasteiger partial charge in [0.05, 0.1) is 6.61 Å². The fourth-order valence-electron chi connectivity index (χ4n) is 2.03. The molecule has 0 bridgehead atoms. The van der Waals surface area contributed by atoms with Gasteiger partial charge in [0.25, 0.3) is 0 Å². The van der Waals surface area contributed by atoms with E-state index in [9.17, 15) is 0 Å². The maximum absolute atomic E-state index is 5.57. The Balaban J connectivity index is 2.75. The van der Waals surface area contributed by atoms with Crippen LogP contribution in [-0.2, 0) is 0 Å². The Kier molecular flexibility index (Phi) is 7.77. The SMILES string of the molecule is CC#CCCC(NCCC)c1cccc(OCC)c1. The Morgan fingerprint density at radius 2 is 2.16 bits per heavy atom. The third-order valence-corrected chi connectivity index (χ3v) is 2.95. The van der Waals surface area contributed by atoms with Crippen LogP contribution in [0.1, 0.15) is 51.6 Å². The summed E-state index contributed by atoms with van der Waals surface area (Å²) in [5, 5.41) is 3.59. The fourth-order valence-corrected chi connectivity index (χ4v) is 2.03. The highest BCUT2D eigenvalue weighted by molar-refractivity contribution is 5.30. The normalized spacial score (nSPS) is 11.5. The standard InChI is InChI=1S/C17H25NO/c1-4-7-8-12-17(18-13-5-2)15-10-9-11-16(14-15)19-6-3/h9-11,14,17-18H,5-6,8,12-13H2,1-3H3. The first-order chi connectivity index (χ1) is 9.31. The molecule has 0 aromatic heterocycles. The van der Waals surface area contributed by atoms with E-state index in [-0.39, 0.29) is 0 Å². The predicted octanol–water partition coefficient (Wildman–Crippen LogP) is 3.93. The van der Waals surface area contributed by atoms with Gasteiger partial charge in [-0.15, -0.1) is 11.8 Å². The Morgan fingerprint density at radius 1 is 1.32 bits per heavy atom. The summed E-state index contributed by atoms with van der Waals surface area (Å²) in [5.74, 6) is 7.05. The van der Waals surface area contributed by atoms with Crippen molar-refractivity contribution in [1.29, 1.82) is 0 Å². The zero-order valence-corrected chi connectivity index (χ0v) is 12.3. The smallest absolute Gasteiger partial charge is 0.119 e. The summed E-state index contributed by atoms with van der Waals surface area (Å²) in [6.45, 7) is 7.83. The number of rotatable bonds is 8. The van der Waals surface area contributed by atoms with Gasteiger partial charge in [0.1, 0.15) is 5.75 Å². The third-order valence-electron chi connectivity index (χ3n) is 2.95. The topological polar surface area (TPSA) is 21.3 Å². The average molecular weight is 259 g/mol. The summed E-state index contributed by atoms with van der Waals surface area (Å²) >= 11 is 0. The van der Waals surface area contributed by atoms with Gasteiger partial charge in [-0.3, -0.25) is 0 Å². The van der Waals surface area contributed by atoms with E-state index in [1.165, 1.54) is 5.56 Å². The van der Waals surface area contributed by atoms with Crippen LogP contribution in [-0.4, -0.2) is 13.2 Å². The van der Waals surface area contributed by atoms with Crippen LogP contribution in [0, 0.1) is 11.8 Å². The molecule has 0 radical (unpaired) electrons. The van der Waals surface area contributed by atoms with Crippen LogP contribution in [0.5, 0.6) is 5.75 Å². The van der Waals surface area contributed by atoms with E-state index in [0.29, 0.717) is 12.6 Å². The van der Waals surface area contributed by atoms with E-state index in [0.717, 1.165) is 31.6 Å². The third kappa shape index (κ3) is 5.81. The monoisotopic (exact) mass is 259 g/mol. The van der Waals surface area contributed by atoms with Crippen molar-refractivity contribution < 1.29 is 4.74 Å². The van der Waals surface area contributed by atoms with E-state index in [1.807, 2.05) is 19.9 Å². The predicted molar refractivity (Wildman–Crippen MR) is 81.3 cm³/mol. The molecule has 104 valence electrons. The van der Waals surface area contributed by atoms with Crippen LogP contribution in [0.3, 0.4) is 0 Å². The summed E-state index contributed by atoms with van der Waals surface area (Å²) in [6, 6.07) is 8.73. The number of hydrogen-bond acceptors (Lipinski definition) is 2. The lowest BCUT2D eigenvalue weighted by Crippen LogP contribution is -2.22. The molecular formula is C17H25NO. The first-order valence-corrected chi connectivity index (χ1v) is 7.17. The Labute approximate surface area is 117 Å². The molecule has 1 aromatic rings. The van der Waals surface area contributed by atoms with Crippen molar-refractivity contribution in [3.63, 3.8) is 0 Å². The first kappa shape index (κ1) is 15.6. The van der Waals surface area contributed by atoms with Crippen LogP contribution in [0.25, 0.3) is 0 Å². The molecule has 1 aromatic carbocycles. The van der Waals surface area contributed by atoms with Crippen molar-refractivity contribution in [2.75, 3.05) is 13.2 Å². The lowest BCUT2D eigenvalue weighted by Gasteiger charge is -2.18. The molecule has 0 spiro atoms. The summed E-state index contributed by atoms with van der Waals surface area (Å²) in [6.07, 6.45) is 3.11. The van der Waals surface area contributed by atoms with Crippen LogP contribution in [0.4, 0.5) is 0 Å². The van der Waals surface area contributed by atoms with Crippen LogP contribution in [0.15, 0.2) is 24.3 Å². The molecule has 0 saturated heterocycles. The van der Waals surface area contributed by atoms with Crippen LogP contribution < -0.4 is 10.1 Å². The van der Waals surface area contributed by atoms with E-state index < -0.39 is 0 Å². The van der Waals surface area contributed by atoms with Crippen molar-refractivity contribution in [3.8, 4) is 17.6 Å². The Bertz CT molecular complexity index is 417. The summed E-state index contributed by atoms with van der Waals surface area (Å²) in [5.41, 5.74) is 1.29. The minimum atomic E-state index is 0.362. The molecule has 1 unspecified atom stereocenters. The molecular weight excluding hydrogens is 234 g/mol. The van der Waals surface area contributed by atoms with E-state index >= 15 is 0 Å². The molecule has 19 heavy (non-hydrogen) atoms. The van der Waals surface area contributed by atoms with E-state index in [4.69, 9.17) is 4.74 Å². The van der Waals surface area contributed by atoms with Gasteiger partial charge in [-0.25, -0.2) is 0 Å². The largest absolute Gasteiger partial charge is 0.494 e. The second-order valence-electron chi connectivity index (χ2n) is 4.48. The van der Waals surface area contributed by atoms with Crippen molar-refractivity contribution in [2.45, 2.75) is 46.1 Å². The minimum Gasteiger partial charge on any atom is -0.494 e. The maximum atomic E-state index is 5.57. The van der Waals surface area contributed by atoms with E-state index in [2.05, 4.69) is 42.3 Å². The maximum Gasteiger partial charge on any atom is 0.119 e. The highest BCUT2D eigenvalue weighted by Gasteiger charge is 2.10. The van der Waals surface area contributed by atoms with Gasteiger partial charge in [0.2, 0.25) is 0 Å². The molecule has 0 fully saturated rings. The average Bonchev–Trinajstić information content (AvgIpc) is 2.43. The molecule has 1 atom stereocenters. The van der Waals surface area contributed by atoms with Gasteiger partial charge in [0.15, 0.2) is 0 Å². The highest BCUT2D eigenvalue weighted by atomic mass is 16.5. The molecule has 0 amide bonds. The first-order valence-electron chi connectivity index (χ1n) is 7.17. The molecule has 2 nitrogen and oxygen atoms in total. The molecule has 0 aliphatic heterocycles. The number of ether oxygens (including phenoxy) is 1. The molecule has 1 rings (SSSR count). The second kappa shape index (κ2) is 9.47. The minimum absolute atomic E-state index is 0.362. The van der Waals surface area contributed by atoms with Gasteiger partial charge in [-0.1, -0.05) is 19.1 Å².